The second-order valence-corrected chi connectivity index (χ2v) is 6.53. The minimum absolute atomic E-state index is 0. The van der Waals surface area contributed by atoms with Crippen molar-refractivity contribution in [1.82, 2.24) is 4.98 Å². The van der Waals surface area contributed by atoms with Crippen molar-refractivity contribution in [3.8, 4) is 17.0 Å². The first-order chi connectivity index (χ1) is 11.0. The Labute approximate surface area is 153 Å². The van der Waals surface area contributed by atoms with E-state index in [0.29, 0.717) is 11.7 Å². The first kappa shape index (κ1) is 20.4. The van der Waals surface area contributed by atoms with Crippen LogP contribution in [0.25, 0.3) is 11.3 Å². The molecule has 1 aromatic carbocycles. The molecule has 24 heavy (non-hydrogen) atoms. The van der Waals surface area contributed by atoms with Crippen LogP contribution in [-0.4, -0.2) is 23.5 Å². The fourth-order valence-corrected chi connectivity index (χ4v) is 2.62. The number of amides is 1. The number of benzene rings is 1. The Kier molecular flexibility index (Phi) is 8.18. The highest BCUT2D eigenvalue weighted by Crippen LogP contribution is 2.26. The number of nitrogens with one attached hydrogen (secondary N) is 1. The third-order valence-corrected chi connectivity index (χ3v) is 4.14. The van der Waals surface area contributed by atoms with Gasteiger partial charge in [0.05, 0.1) is 18.3 Å². The SMILES string of the molecule is CCCOc1ccc(-c2csc(NC(=O)[C@@H](N)C(C)C)n2)cc1.Cl. The minimum Gasteiger partial charge on any atom is -0.494 e. The Bertz CT molecular complexity index is 644. The van der Waals surface area contributed by atoms with Crippen LogP contribution in [0.4, 0.5) is 5.13 Å². The van der Waals surface area contributed by atoms with Gasteiger partial charge in [-0.2, -0.15) is 0 Å². The summed E-state index contributed by atoms with van der Waals surface area (Å²) in [7, 11) is 0. The van der Waals surface area contributed by atoms with E-state index in [-0.39, 0.29) is 24.2 Å². The van der Waals surface area contributed by atoms with Gasteiger partial charge in [-0.3, -0.25) is 4.79 Å². The molecule has 3 N–H and O–H groups in total. The van der Waals surface area contributed by atoms with E-state index in [1.807, 2.05) is 43.5 Å². The molecule has 132 valence electrons. The molecular formula is C17H24ClN3O2S. The van der Waals surface area contributed by atoms with Gasteiger partial charge >= 0.3 is 0 Å². The Hall–Kier alpha value is -1.63. The molecule has 1 atom stereocenters. The molecule has 0 fully saturated rings. The summed E-state index contributed by atoms with van der Waals surface area (Å²) >= 11 is 1.39. The first-order valence-corrected chi connectivity index (χ1v) is 8.64. The van der Waals surface area contributed by atoms with E-state index >= 15 is 0 Å². The molecule has 0 radical (unpaired) electrons. The third-order valence-electron chi connectivity index (χ3n) is 3.38. The van der Waals surface area contributed by atoms with Crippen LogP contribution in [0.2, 0.25) is 0 Å². The maximum Gasteiger partial charge on any atom is 0.243 e. The highest BCUT2D eigenvalue weighted by atomic mass is 35.5. The van der Waals surface area contributed by atoms with E-state index in [9.17, 15) is 4.79 Å². The van der Waals surface area contributed by atoms with Crippen LogP contribution in [0.1, 0.15) is 27.2 Å². The molecule has 0 saturated heterocycles. The first-order valence-electron chi connectivity index (χ1n) is 7.76. The van der Waals surface area contributed by atoms with Crippen LogP contribution in [0.5, 0.6) is 5.75 Å². The molecule has 0 aliphatic carbocycles. The van der Waals surface area contributed by atoms with Crippen molar-refractivity contribution in [3.05, 3.63) is 29.6 Å². The van der Waals surface area contributed by atoms with Crippen molar-refractivity contribution in [2.75, 3.05) is 11.9 Å². The van der Waals surface area contributed by atoms with Crippen molar-refractivity contribution >= 4 is 34.8 Å². The molecule has 5 nitrogen and oxygen atoms in total. The zero-order valence-electron chi connectivity index (χ0n) is 14.1. The maximum atomic E-state index is 12.0. The van der Waals surface area contributed by atoms with Crippen molar-refractivity contribution < 1.29 is 9.53 Å². The summed E-state index contributed by atoms with van der Waals surface area (Å²) in [6, 6.07) is 7.25. The zero-order chi connectivity index (χ0) is 16.8. The number of carbonyl (C=O) groups excluding carboxylic acids is 1. The quantitative estimate of drug-likeness (QED) is 0.774. The lowest BCUT2D eigenvalue weighted by molar-refractivity contribution is -0.118. The molecule has 0 aliphatic rings. The van der Waals surface area contributed by atoms with Gasteiger partial charge in [0.2, 0.25) is 5.91 Å². The van der Waals surface area contributed by atoms with Gasteiger partial charge in [-0.25, -0.2) is 4.98 Å². The van der Waals surface area contributed by atoms with Crippen molar-refractivity contribution in [2.24, 2.45) is 11.7 Å². The topological polar surface area (TPSA) is 77.2 Å². The summed E-state index contributed by atoms with van der Waals surface area (Å²) in [6.07, 6.45) is 0.982. The molecule has 0 unspecified atom stereocenters. The number of aromatic nitrogens is 1. The molecule has 2 aromatic rings. The summed E-state index contributed by atoms with van der Waals surface area (Å²) in [4.78, 5) is 16.4. The number of thiazole rings is 1. The lowest BCUT2D eigenvalue weighted by atomic mass is 10.1. The van der Waals surface area contributed by atoms with E-state index < -0.39 is 6.04 Å². The molecule has 0 spiro atoms. The Balaban J connectivity index is 0.00000288. The summed E-state index contributed by atoms with van der Waals surface area (Å²) in [6.45, 7) is 6.62. The molecule has 1 amide bonds. The lowest BCUT2D eigenvalue weighted by Crippen LogP contribution is -2.39. The van der Waals surface area contributed by atoms with Crippen LogP contribution < -0.4 is 15.8 Å². The number of nitrogens with two attached hydrogens (primary N) is 1. The molecule has 0 bridgehead atoms. The van der Waals surface area contributed by atoms with Gasteiger partial charge in [0, 0.05) is 10.9 Å². The standard InChI is InChI=1S/C17H23N3O2S.ClH/c1-4-9-22-13-7-5-12(6-8-13)14-10-23-17(19-14)20-16(21)15(18)11(2)3;/h5-8,10-11,15H,4,9,18H2,1-3H3,(H,19,20,21);1H/t15-;/m0./s1. The lowest BCUT2D eigenvalue weighted by Gasteiger charge is -2.13. The van der Waals surface area contributed by atoms with E-state index in [2.05, 4.69) is 17.2 Å². The fraction of sp³-hybridized carbons (Fsp3) is 0.412. The van der Waals surface area contributed by atoms with Crippen LogP contribution in [-0.2, 0) is 4.79 Å². The Morgan fingerprint density at radius 3 is 2.58 bits per heavy atom. The van der Waals surface area contributed by atoms with E-state index in [1.54, 1.807) is 0 Å². The van der Waals surface area contributed by atoms with Crippen molar-refractivity contribution in [3.63, 3.8) is 0 Å². The second kappa shape index (κ2) is 9.61. The summed E-state index contributed by atoms with van der Waals surface area (Å²) in [5.74, 6) is 0.733. The number of hydrogen-bond donors (Lipinski definition) is 2. The average Bonchev–Trinajstić information content (AvgIpc) is 3.01. The molecular weight excluding hydrogens is 346 g/mol. The maximum absolute atomic E-state index is 12.0. The van der Waals surface area contributed by atoms with Gasteiger partial charge in [-0.05, 0) is 36.6 Å². The monoisotopic (exact) mass is 369 g/mol. The second-order valence-electron chi connectivity index (χ2n) is 5.67. The number of ether oxygens (including phenoxy) is 1. The van der Waals surface area contributed by atoms with Gasteiger partial charge in [0.15, 0.2) is 5.13 Å². The predicted molar refractivity (Wildman–Crippen MR) is 102 cm³/mol. The number of rotatable bonds is 7. The van der Waals surface area contributed by atoms with Gasteiger partial charge in [0.25, 0.3) is 0 Å². The molecule has 2 rings (SSSR count). The van der Waals surface area contributed by atoms with Crippen LogP contribution in [0.15, 0.2) is 29.6 Å². The van der Waals surface area contributed by atoms with Crippen LogP contribution in [0.3, 0.4) is 0 Å². The average molecular weight is 370 g/mol. The molecule has 1 heterocycles. The van der Waals surface area contributed by atoms with Gasteiger partial charge in [-0.1, -0.05) is 20.8 Å². The van der Waals surface area contributed by atoms with E-state index in [0.717, 1.165) is 23.4 Å². The zero-order valence-corrected chi connectivity index (χ0v) is 15.7. The number of nitrogens with zero attached hydrogens (tertiary/aromatic N) is 1. The summed E-state index contributed by atoms with van der Waals surface area (Å²) in [5.41, 5.74) is 7.64. The summed E-state index contributed by atoms with van der Waals surface area (Å²) < 4.78 is 5.56. The minimum atomic E-state index is -0.530. The highest BCUT2D eigenvalue weighted by molar-refractivity contribution is 7.14. The van der Waals surface area contributed by atoms with Crippen LogP contribution >= 0.6 is 23.7 Å². The van der Waals surface area contributed by atoms with Gasteiger partial charge < -0.3 is 15.8 Å². The van der Waals surface area contributed by atoms with E-state index in [4.69, 9.17) is 10.5 Å². The fourth-order valence-electron chi connectivity index (χ4n) is 1.90. The predicted octanol–water partition coefficient (Wildman–Crippen LogP) is 3.94. The number of anilines is 1. The van der Waals surface area contributed by atoms with Gasteiger partial charge in [0.1, 0.15) is 5.75 Å². The molecule has 1 aromatic heterocycles. The number of halogens is 1. The van der Waals surface area contributed by atoms with E-state index in [1.165, 1.54) is 11.3 Å². The molecule has 0 saturated carbocycles. The largest absolute Gasteiger partial charge is 0.494 e. The third kappa shape index (κ3) is 5.47. The Morgan fingerprint density at radius 2 is 2.00 bits per heavy atom. The smallest absolute Gasteiger partial charge is 0.243 e. The van der Waals surface area contributed by atoms with Crippen molar-refractivity contribution in [1.29, 1.82) is 0 Å². The normalized spacial score (nSPS) is 11.7. The van der Waals surface area contributed by atoms with Crippen LogP contribution in [0, 0.1) is 5.92 Å². The number of carbonyl (C=O) groups is 1. The molecule has 7 heteroatoms. The van der Waals surface area contributed by atoms with Crippen molar-refractivity contribution in [2.45, 2.75) is 33.2 Å². The summed E-state index contributed by atoms with van der Waals surface area (Å²) in [5, 5.41) is 5.25. The number of hydrogen-bond acceptors (Lipinski definition) is 5. The van der Waals surface area contributed by atoms with Gasteiger partial charge in [-0.15, -0.1) is 23.7 Å². The Morgan fingerprint density at radius 1 is 1.33 bits per heavy atom. The highest BCUT2D eigenvalue weighted by Gasteiger charge is 2.18. The molecule has 0 aliphatic heterocycles.